The summed E-state index contributed by atoms with van der Waals surface area (Å²) in [6.45, 7) is 20.5. The highest BCUT2D eigenvalue weighted by Gasteiger charge is 2.47. The minimum Gasteiger partial charge on any atom is -0.382 e. The lowest BCUT2D eigenvalue weighted by molar-refractivity contribution is -0.0644. The van der Waals surface area contributed by atoms with Crippen LogP contribution in [0.4, 0.5) is 8.78 Å². The Morgan fingerprint density at radius 1 is 0.325 bits per heavy atom. The van der Waals surface area contributed by atoms with Crippen molar-refractivity contribution in [2.45, 2.75) is 188 Å². The topological polar surface area (TPSA) is 238 Å². The van der Waals surface area contributed by atoms with Crippen LogP contribution in [0.25, 0.3) is 0 Å². The predicted molar refractivity (Wildman–Crippen MR) is 303 cm³/mol. The van der Waals surface area contributed by atoms with Gasteiger partial charge in [0.05, 0.1) is 103 Å². The Morgan fingerprint density at radius 2 is 0.578 bits per heavy atom. The molecule has 0 aromatic carbocycles. The van der Waals surface area contributed by atoms with Crippen molar-refractivity contribution < 1.29 is 118 Å². The molecule has 0 aromatic heterocycles. The maximum absolute atomic E-state index is 13.2. The van der Waals surface area contributed by atoms with Gasteiger partial charge >= 0.3 is 0 Å². The van der Waals surface area contributed by atoms with Crippen LogP contribution in [0.1, 0.15) is 41.5 Å². The number of hydrogen-bond donors (Lipinski definition) is 1. The molecule has 6 rings (SSSR count). The van der Waals surface area contributed by atoms with Crippen LogP contribution < -0.4 is 5.73 Å². The van der Waals surface area contributed by atoms with Gasteiger partial charge in [-0.15, -0.1) is 6.58 Å². The summed E-state index contributed by atoms with van der Waals surface area (Å²) in [5.74, 6) is 0. The lowest BCUT2D eigenvalue weighted by atomic mass is 10.1. The van der Waals surface area contributed by atoms with Crippen molar-refractivity contribution in [1.82, 2.24) is 0 Å². The quantitative estimate of drug-likeness (QED) is 0.0836. The summed E-state index contributed by atoms with van der Waals surface area (Å²) in [7, 11) is 22.7. The van der Waals surface area contributed by atoms with Gasteiger partial charge in [0.1, 0.15) is 97.7 Å². The molecule has 24 nitrogen and oxygen atoms in total. The first-order valence-electron chi connectivity index (χ1n) is 28.4. The Hall–Kier alpha value is -1.36. The van der Waals surface area contributed by atoms with Gasteiger partial charge in [0.15, 0.2) is 12.3 Å². The zero-order valence-corrected chi connectivity index (χ0v) is 53.6. The molecule has 0 radical (unpaired) electrons. The Bertz CT molecular complexity index is 1530. The molecule has 0 aliphatic carbocycles. The fraction of sp³-hybridized carbons (Fsp3) is 0.965. The molecule has 6 unspecified atom stereocenters. The number of ether oxygens (including phenoxy) is 23. The van der Waals surface area contributed by atoms with E-state index in [1.165, 1.54) is 14.2 Å². The van der Waals surface area contributed by atoms with E-state index in [1.54, 1.807) is 105 Å². The van der Waals surface area contributed by atoms with Gasteiger partial charge in [-0.3, -0.25) is 0 Å². The average Bonchev–Trinajstić information content (AvgIpc) is 4.30. The van der Waals surface area contributed by atoms with Crippen molar-refractivity contribution in [3.63, 3.8) is 0 Å². The number of nitrogens with two attached hydrogens (primary N) is 1. The number of alkyl halides is 2. The second-order valence-corrected chi connectivity index (χ2v) is 20.3. The first-order valence-corrected chi connectivity index (χ1v) is 28.4. The van der Waals surface area contributed by atoms with Gasteiger partial charge < -0.3 is 115 Å². The SMILES string of the molecule is C=CCOC1[C@H](C)O[C@H](COC)[C@@H]1OC.COCCOC1[C@H](C)O[C@H](COC)[C@@H]1OC.COC[C@H]1O[C@@H](C)C(F)[C@H]1OC.COC[C@H]1O[C@@H](C)C(F)[C@H]1OC.COC[C@H]1O[C@@H](C)C(OC)[C@H]1OC.COC[C@H]1O[C@@H](C)C(OCCN)[C@H]1OC. The zero-order valence-electron chi connectivity index (χ0n) is 53.6. The van der Waals surface area contributed by atoms with Crippen molar-refractivity contribution in [2.75, 3.05) is 172 Å². The fourth-order valence-electron chi connectivity index (χ4n) is 10.6. The van der Waals surface area contributed by atoms with E-state index in [0.717, 1.165) is 0 Å². The highest BCUT2D eigenvalue weighted by Crippen LogP contribution is 2.31. The van der Waals surface area contributed by atoms with E-state index in [1.807, 2.05) is 27.7 Å². The van der Waals surface area contributed by atoms with Gasteiger partial charge in [-0.1, -0.05) is 6.08 Å². The lowest BCUT2D eigenvalue weighted by Gasteiger charge is -2.22. The monoisotopic (exact) mass is 1220 g/mol. The first-order chi connectivity index (χ1) is 39.9. The normalized spacial score (nSPS) is 38.0. The van der Waals surface area contributed by atoms with Gasteiger partial charge in [-0.25, -0.2) is 8.78 Å². The van der Waals surface area contributed by atoms with Crippen LogP contribution in [0, 0.1) is 0 Å². The van der Waals surface area contributed by atoms with Gasteiger partial charge in [0, 0.05) is 106 Å². The molecular weight excluding hydrogens is 1100 g/mol. The summed E-state index contributed by atoms with van der Waals surface area (Å²) < 4.78 is 149. The van der Waals surface area contributed by atoms with E-state index >= 15 is 0 Å². The summed E-state index contributed by atoms with van der Waals surface area (Å²) >= 11 is 0. The molecular formula is C57H111F2NO23. The largest absolute Gasteiger partial charge is 0.382 e. The van der Waals surface area contributed by atoms with E-state index in [4.69, 9.17) is 115 Å². The Labute approximate surface area is 495 Å². The van der Waals surface area contributed by atoms with Gasteiger partial charge in [0.2, 0.25) is 0 Å². The second kappa shape index (κ2) is 45.8. The van der Waals surface area contributed by atoms with Gasteiger partial charge in [0.25, 0.3) is 0 Å². The molecule has 2 N–H and O–H groups in total. The van der Waals surface area contributed by atoms with Crippen molar-refractivity contribution in [2.24, 2.45) is 5.73 Å². The molecule has 26 heteroatoms. The average molecular weight is 1220 g/mol. The maximum atomic E-state index is 13.2. The molecule has 6 aliphatic heterocycles. The third kappa shape index (κ3) is 25.6. The Balaban J connectivity index is 0.000000500. The van der Waals surface area contributed by atoms with Crippen LogP contribution in [-0.4, -0.2) is 319 Å². The second-order valence-electron chi connectivity index (χ2n) is 20.3. The van der Waals surface area contributed by atoms with E-state index in [2.05, 4.69) is 6.58 Å². The van der Waals surface area contributed by atoms with Crippen molar-refractivity contribution in [1.29, 1.82) is 0 Å². The predicted octanol–water partition coefficient (Wildman–Crippen LogP) is 3.25. The molecule has 0 aromatic rings. The molecule has 0 bridgehead atoms. The molecule has 6 heterocycles. The highest BCUT2D eigenvalue weighted by molar-refractivity contribution is 4.95. The number of hydrogen-bond acceptors (Lipinski definition) is 24. The summed E-state index contributed by atoms with van der Waals surface area (Å²) in [5.41, 5.74) is 5.40. The Morgan fingerprint density at radius 3 is 0.843 bits per heavy atom. The van der Waals surface area contributed by atoms with Crippen molar-refractivity contribution in [3.05, 3.63) is 12.7 Å². The molecule has 83 heavy (non-hydrogen) atoms. The molecule has 0 saturated carbocycles. The third-order valence-corrected chi connectivity index (χ3v) is 14.5. The van der Waals surface area contributed by atoms with Crippen LogP contribution in [0.3, 0.4) is 0 Å². The fourth-order valence-corrected chi connectivity index (χ4v) is 10.6. The highest BCUT2D eigenvalue weighted by atomic mass is 19.1. The first kappa shape index (κ1) is 79.7. The van der Waals surface area contributed by atoms with Crippen LogP contribution in [0.2, 0.25) is 0 Å². The van der Waals surface area contributed by atoms with Gasteiger partial charge in [-0.05, 0) is 41.5 Å². The standard InChI is InChI=1S/C11H22O5.C11H20O4.C10H21NO4.C9H18O4.2C8H15FO3/c1-8-10(15-6-5-12-2)11(14-4)9(16-8)7-13-3;1-5-6-14-10-8(2)15-9(7-12-3)11(10)13-4;1-7-9(14-5-4-11)10(13-3)8(15-7)6-12-2;1-6-8(11-3)9(12-4)7(13-6)5-10-2;2*1-5-7(9)8(11-3)6(12-5)4-10-2/h8-11H,5-7H2,1-4H3;5,8-11H,1,6-7H2,2-4H3;7-10H,4-6,11H2,1-3H3;6-9H,5H2,1-4H3;2*5-8H,4H2,1-3H3/t2*8-,9+,10?,11-;7-,8+,9?,10-;6-,7+,8?,9-;2*5-,6+,7?,8-/m000000/s1. The molecule has 6 aliphatic rings. The lowest BCUT2D eigenvalue weighted by Crippen LogP contribution is -2.38. The summed E-state index contributed by atoms with van der Waals surface area (Å²) in [5, 5.41) is 0. The molecule has 0 spiro atoms. The van der Waals surface area contributed by atoms with E-state index in [0.29, 0.717) is 72.6 Å². The maximum Gasteiger partial charge on any atom is 0.154 e. The zero-order chi connectivity index (χ0) is 62.6. The molecule has 6 saturated heterocycles. The minimum atomic E-state index is -1.05. The summed E-state index contributed by atoms with van der Waals surface area (Å²) in [4.78, 5) is 0. The van der Waals surface area contributed by atoms with Crippen LogP contribution in [0.5, 0.6) is 0 Å². The molecule has 24 atom stereocenters. The summed E-state index contributed by atoms with van der Waals surface area (Å²) in [6.07, 6.45) is -3.15. The molecule has 6 fully saturated rings. The van der Waals surface area contributed by atoms with Crippen molar-refractivity contribution in [3.8, 4) is 0 Å². The van der Waals surface area contributed by atoms with Crippen molar-refractivity contribution >= 4 is 0 Å². The van der Waals surface area contributed by atoms with Crippen LogP contribution in [0.15, 0.2) is 12.7 Å². The number of methoxy groups -OCH3 is 14. The van der Waals surface area contributed by atoms with E-state index in [9.17, 15) is 8.78 Å². The number of rotatable bonds is 29. The van der Waals surface area contributed by atoms with Crippen LogP contribution >= 0.6 is 0 Å². The minimum absolute atomic E-state index is 0.00477. The van der Waals surface area contributed by atoms with E-state index in [-0.39, 0.29) is 110 Å². The third-order valence-electron chi connectivity index (χ3n) is 14.5. The molecule has 0 amide bonds. The van der Waals surface area contributed by atoms with Gasteiger partial charge in [-0.2, -0.15) is 0 Å². The van der Waals surface area contributed by atoms with Crippen LogP contribution in [-0.2, 0) is 109 Å². The van der Waals surface area contributed by atoms with E-state index < -0.39 is 36.8 Å². The molecule has 496 valence electrons. The number of halogens is 2. The Kier molecular flexibility index (Phi) is 44.0. The summed E-state index contributed by atoms with van der Waals surface area (Å²) in [6, 6.07) is 0. The smallest absolute Gasteiger partial charge is 0.154 e.